The number of H-pyrrole nitrogens is 1. The Morgan fingerprint density at radius 1 is 1.03 bits per heavy atom. The number of aromatic nitrogens is 1. The van der Waals surface area contributed by atoms with E-state index >= 15 is 0 Å². The Balaban J connectivity index is 1.20. The standard InChI is InChI=1S/C24H25N3O5S/c1-16(23(29)19-15-26-20-11-6-4-9-17(19)20)32-22(28)13-3-2-8-14-25-24-18-10-5-7-12-21(18)33(30,31)27-24/h4-7,9-12,15-16,26H,2-3,8,13-14H2,1H3,(H,25,27). The molecule has 1 unspecified atom stereocenters. The van der Waals surface area contributed by atoms with E-state index in [-0.39, 0.29) is 17.1 Å². The number of sulfonamides is 1. The van der Waals surface area contributed by atoms with Gasteiger partial charge in [0.15, 0.2) is 6.10 Å². The van der Waals surface area contributed by atoms with Crippen LogP contribution in [0.25, 0.3) is 10.9 Å². The minimum atomic E-state index is -3.53. The van der Waals surface area contributed by atoms with Gasteiger partial charge in [0, 0.05) is 41.2 Å². The normalized spacial score (nSPS) is 16.3. The highest BCUT2D eigenvalue weighted by Gasteiger charge is 2.29. The lowest BCUT2D eigenvalue weighted by atomic mass is 10.1. The molecule has 172 valence electrons. The first-order chi connectivity index (χ1) is 15.9. The number of carbonyl (C=O) groups excluding carboxylic acids is 2. The summed E-state index contributed by atoms with van der Waals surface area (Å²) in [5.74, 6) is -0.301. The topological polar surface area (TPSA) is 118 Å². The number of Topliss-reactive ketones (excluding diaryl/α,β-unsaturated/α-hetero) is 1. The van der Waals surface area contributed by atoms with E-state index in [4.69, 9.17) is 4.74 Å². The van der Waals surface area contributed by atoms with Crippen molar-refractivity contribution in [3.8, 4) is 0 Å². The van der Waals surface area contributed by atoms with Crippen molar-refractivity contribution < 1.29 is 22.7 Å². The van der Waals surface area contributed by atoms with Gasteiger partial charge in [-0.3, -0.25) is 19.3 Å². The highest BCUT2D eigenvalue weighted by Crippen LogP contribution is 2.22. The van der Waals surface area contributed by atoms with Crippen LogP contribution in [0.1, 0.15) is 48.5 Å². The number of nitrogens with zero attached hydrogens (tertiary/aromatic N) is 1. The number of fused-ring (bicyclic) bond motifs is 2. The number of carbonyl (C=O) groups is 2. The van der Waals surface area contributed by atoms with Crippen molar-refractivity contribution in [2.75, 3.05) is 6.54 Å². The summed E-state index contributed by atoms with van der Waals surface area (Å²) in [6.45, 7) is 2.02. The van der Waals surface area contributed by atoms with Crippen LogP contribution < -0.4 is 4.72 Å². The highest BCUT2D eigenvalue weighted by atomic mass is 32.2. The Kier molecular flexibility index (Phi) is 6.60. The second-order valence-electron chi connectivity index (χ2n) is 7.89. The van der Waals surface area contributed by atoms with Crippen LogP contribution >= 0.6 is 0 Å². The van der Waals surface area contributed by atoms with Crippen LogP contribution in [0.5, 0.6) is 0 Å². The van der Waals surface area contributed by atoms with Gasteiger partial charge in [-0.2, -0.15) is 0 Å². The van der Waals surface area contributed by atoms with Crippen molar-refractivity contribution in [3.63, 3.8) is 0 Å². The molecule has 2 aromatic carbocycles. The molecule has 0 bridgehead atoms. The van der Waals surface area contributed by atoms with Crippen molar-refractivity contribution in [3.05, 3.63) is 65.9 Å². The summed E-state index contributed by atoms with van der Waals surface area (Å²) in [5.41, 5.74) is 1.95. The van der Waals surface area contributed by atoms with E-state index in [0.717, 1.165) is 17.3 Å². The Hall–Kier alpha value is -3.46. The summed E-state index contributed by atoms with van der Waals surface area (Å²) in [6, 6.07) is 14.2. The number of amidine groups is 1. The molecule has 0 saturated heterocycles. The molecule has 33 heavy (non-hydrogen) atoms. The zero-order valence-electron chi connectivity index (χ0n) is 18.2. The SMILES string of the molecule is CC(OC(=O)CCCCCN=C1NS(=O)(=O)c2ccccc21)C(=O)c1c[nH]c2ccccc12. The molecular weight excluding hydrogens is 442 g/mol. The first-order valence-electron chi connectivity index (χ1n) is 10.8. The summed E-state index contributed by atoms with van der Waals surface area (Å²) >= 11 is 0. The molecule has 4 rings (SSSR count). The summed E-state index contributed by atoms with van der Waals surface area (Å²) in [7, 11) is -3.53. The molecule has 0 saturated carbocycles. The zero-order chi connectivity index (χ0) is 23.4. The van der Waals surface area contributed by atoms with Crippen molar-refractivity contribution in [1.82, 2.24) is 9.71 Å². The van der Waals surface area contributed by atoms with Crippen LogP contribution in [0.4, 0.5) is 0 Å². The molecule has 1 aromatic heterocycles. The maximum absolute atomic E-state index is 12.7. The van der Waals surface area contributed by atoms with Crippen molar-refractivity contribution in [2.45, 2.75) is 43.6 Å². The Morgan fingerprint density at radius 3 is 2.64 bits per heavy atom. The van der Waals surface area contributed by atoms with Crippen LogP contribution in [0.15, 0.2) is 64.6 Å². The number of aromatic amines is 1. The smallest absolute Gasteiger partial charge is 0.306 e. The van der Waals surface area contributed by atoms with Crippen molar-refractivity contribution in [2.24, 2.45) is 4.99 Å². The average molecular weight is 468 g/mol. The number of hydrogen-bond acceptors (Lipinski definition) is 6. The maximum atomic E-state index is 12.7. The second kappa shape index (κ2) is 9.58. The van der Waals surface area contributed by atoms with Gasteiger partial charge in [-0.25, -0.2) is 8.42 Å². The van der Waals surface area contributed by atoms with Gasteiger partial charge in [-0.1, -0.05) is 36.8 Å². The molecular formula is C24H25N3O5S. The number of nitrogens with one attached hydrogen (secondary N) is 2. The molecule has 3 aromatic rings. The van der Waals surface area contributed by atoms with E-state index in [1.807, 2.05) is 24.3 Å². The number of aliphatic imine (C=N–C) groups is 1. The highest BCUT2D eigenvalue weighted by molar-refractivity contribution is 7.90. The van der Waals surface area contributed by atoms with Crippen LogP contribution in [-0.2, 0) is 19.6 Å². The Labute approximate surface area is 192 Å². The second-order valence-corrected chi connectivity index (χ2v) is 9.54. The van der Waals surface area contributed by atoms with E-state index in [2.05, 4.69) is 14.7 Å². The molecule has 0 radical (unpaired) electrons. The molecule has 2 heterocycles. The summed E-state index contributed by atoms with van der Waals surface area (Å²) in [4.78, 5) is 32.5. The minimum absolute atomic E-state index is 0.206. The summed E-state index contributed by atoms with van der Waals surface area (Å²) < 4.78 is 32.0. The van der Waals surface area contributed by atoms with Crippen LogP contribution in [0.2, 0.25) is 0 Å². The Morgan fingerprint density at radius 2 is 1.79 bits per heavy atom. The zero-order valence-corrected chi connectivity index (χ0v) is 19.0. The van der Waals surface area contributed by atoms with E-state index in [9.17, 15) is 18.0 Å². The fourth-order valence-corrected chi connectivity index (χ4v) is 5.05. The van der Waals surface area contributed by atoms with Gasteiger partial charge in [0.1, 0.15) is 5.84 Å². The monoisotopic (exact) mass is 467 g/mol. The summed E-state index contributed by atoms with van der Waals surface area (Å²) in [5, 5.41) is 0.805. The third-order valence-corrected chi connectivity index (χ3v) is 6.90. The van der Waals surface area contributed by atoms with Gasteiger partial charge in [0.25, 0.3) is 10.0 Å². The number of rotatable bonds is 9. The van der Waals surface area contributed by atoms with E-state index in [1.165, 1.54) is 0 Å². The lowest BCUT2D eigenvalue weighted by molar-refractivity contribution is -0.146. The molecule has 9 heteroatoms. The molecule has 2 N–H and O–H groups in total. The minimum Gasteiger partial charge on any atom is -0.454 e. The lowest BCUT2D eigenvalue weighted by Gasteiger charge is -2.12. The van der Waals surface area contributed by atoms with Gasteiger partial charge in [-0.05, 0) is 38.0 Å². The fraction of sp³-hybridized carbons (Fsp3) is 0.292. The van der Waals surface area contributed by atoms with Gasteiger partial charge < -0.3 is 9.72 Å². The predicted molar refractivity (Wildman–Crippen MR) is 125 cm³/mol. The van der Waals surface area contributed by atoms with E-state index < -0.39 is 22.1 Å². The van der Waals surface area contributed by atoms with E-state index in [0.29, 0.717) is 36.3 Å². The number of benzene rings is 2. The summed E-state index contributed by atoms with van der Waals surface area (Å²) in [6.07, 6.45) is 3.01. The van der Waals surface area contributed by atoms with Crippen molar-refractivity contribution >= 4 is 38.5 Å². The van der Waals surface area contributed by atoms with Gasteiger partial charge >= 0.3 is 5.97 Å². The number of ketones is 1. The lowest BCUT2D eigenvalue weighted by Crippen LogP contribution is -2.24. The maximum Gasteiger partial charge on any atom is 0.306 e. The fourth-order valence-electron chi connectivity index (χ4n) is 3.80. The first-order valence-corrected chi connectivity index (χ1v) is 12.3. The quantitative estimate of drug-likeness (QED) is 0.283. The average Bonchev–Trinajstić information content (AvgIpc) is 3.34. The molecule has 0 aliphatic carbocycles. The van der Waals surface area contributed by atoms with E-state index in [1.54, 1.807) is 37.4 Å². The van der Waals surface area contributed by atoms with Gasteiger partial charge in [-0.15, -0.1) is 0 Å². The van der Waals surface area contributed by atoms with Gasteiger partial charge in [0.05, 0.1) is 4.90 Å². The van der Waals surface area contributed by atoms with Crippen molar-refractivity contribution in [1.29, 1.82) is 0 Å². The van der Waals surface area contributed by atoms with Crippen LogP contribution in [0, 0.1) is 0 Å². The number of esters is 1. The van der Waals surface area contributed by atoms with Crippen LogP contribution in [0.3, 0.4) is 0 Å². The molecule has 1 aliphatic rings. The first kappa shape index (κ1) is 22.7. The molecule has 1 atom stereocenters. The van der Waals surface area contributed by atoms with Gasteiger partial charge in [0.2, 0.25) is 5.78 Å². The molecule has 0 amide bonds. The number of ether oxygens (including phenoxy) is 1. The molecule has 8 nitrogen and oxygen atoms in total. The third-order valence-electron chi connectivity index (χ3n) is 5.50. The predicted octanol–water partition coefficient (Wildman–Crippen LogP) is 3.58. The molecule has 0 spiro atoms. The molecule has 0 fully saturated rings. The number of unbranched alkanes of at least 4 members (excludes halogenated alkanes) is 2. The largest absolute Gasteiger partial charge is 0.454 e. The number of para-hydroxylation sites is 1. The van der Waals surface area contributed by atoms with Crippen LogP contribution in [-0.4, -0.2) is 43.6 Å². The number of hydrogen-bond donors (Lipinski definition) is 2. The molecule has 1 aliphatic heterocycles. The third kappa shape index (κ3) is 4.98. The Bertz CT molecular complexity index is 1330.